The van der Waals surface area contributed by atoms with Gasteiger partial charge in [-0.25, -0.2) is 9.97 Å². The highest BCUT2D eigenvalue weighted by Gasteiger charge is 2.09. The molecule has 0 fully saturated rings. The van der Waals surface area contributed by atoms with Crippen LogP contribution in [0.15, 0.2) is 30.6 Å². The summed E-state index contributed by atoms with van der Waals surface area (Å²) in [4.78, 5) is 20.4. The normalized spacial score (nSPS) is 11.8. The van der Waals surface area contributed by atoms with Crippen molar-refractivity contribution in [2.24, 2.45) is 0 Å². The standard InChI is InChI=1S/C17H22N4O/c1-5-13(4)20-16(22)14-9-18-17(19-10-14)21-15-7-11(2)6-12(3)8-15/h6-10,13H,5H2,1-4H3,(H,20,22)(H,18,19,21). The van der Waals surface area contributed by atoms with Gasteiger partial charge < -0.3 is 10.6 Å². The van der Waals surface area contributed by atoms with Gasteiger partial charge in [0.15, 0.2) is 0 Å². The fraction of sp³-hybridized carbons (Fsp3) is 0.353. The smallest absolute Gasteiger partial charge is 0.254 e. The summed E-state index contributed by atoms with van der Waals surface area (Å²) in [6.07, 6.45) is 3.96. The molecule has 22 heavy (non-hydrogen) atoms. The predicted molar refractivity (Wildman–Crippen MR) is 88.4 cm³/mol. The maximum absolute atomic E-state index is 12.0. The van der Waals surface area contributed by atoms with Gasteiger partial charge in [-0.15, -0.1) is 0 Å². The van der Waals surface area contributed by atoms with Crippen LogP contribution >= 0.6 is 0 Å². The molecular weight excluding hydrogens is 276 g/mol. The van der Waals surface area contributed by atoms with Gasteiger partial charge in [-0.2, -0.15) is 0 Å². The van der Waals surface area contributed by atoms with E-state index in [9.17, 15) is 4.79 Å². The van der Waals surface area contributed by atoms with Gasteiger partial charge in [0.1, 0.15) is 0 Å². The zero-order valence-electron chi connectivity index (χ0n) is 13.5. The number of nitrogens with zero attached hydrogens (tertiary/aromatic N) is 2. The van der Waals surface area contributed by atoms with Gasteiger partial charge in [-0.3, -0.25) is 4.79 Å². The van der Waals surface area contributed by atoms with Crippen LogP contribution in [0.4, 0.5) is 11.6 Å². The quantitative estimate of drug-likeness (QED) is 0.888. The van der Waals surface area contributed by atoms with E-state index >= 15 is 0 Å². The Kier molecular flexibility index (Phi) is 5.09. The van der Waals surface area contributed by atoms with Gasteiger partial charge in [-0.1, -0.05) is 13.0 Å². The molecule has 116 valence electrons. The van der Waals surface area contributed by atoms with E-state index in [0.29, 0.717) is 11.5 Å². The Morgan fingerprint density at radius 1 is 1.14 bits per heavy atom. The Morgan fingerprint density at radius 2 is 1.73 bits per heavy atom. The number of rotatable bonds is 5. The minimum absolute atomic E-state index is 0.139. The van der Waals surface area contributed by atoms with Gasteiger partial charge >= 0.3 is 0 Å². The summed E-state index contributed by atoms with van der Waals surface area (Å²) in [5.74, 6) is 0.331. The third-order valence-corrected chi connectivity index (χ3v) is 3.38. The fourth-order valence-corrected chi connectivity index (χ4v) is 2.09. The number of hydrogen-bond donors (Lipinski definition) is 2. The first-order valence-corrected chi connectivity index (χ1v) is 7.46. The lowest BCUT2D eigenvalue weighted by atomic mass is 10.1. The molecule has 1 amide bonds. The van der Waals surface area contributed by atoms with Gasteiger partial charge in [0, 0.05) is 24.1 Å². The summed E-state index contributed by atoms with van der Waals surface area (Å²) in [6, 6.07) is 6.30. The second-order valence-corrected chi connectivity index (χ2v) is 5.58. The third-order valence-electron chi connectivity index (χ3n) is 3.38. The lowest BCUT2D eigenvalue weighted by Crippen LogP contribution is -2.32. The van der Waals surface area contributed by atoms with Crippen LogP contribution in [-0.2, 0) is 0 Å². The number of amides is 1. The van der Waals surface area contributed by atoms with Crippen molar-refractivity contribution in [1.82, 2.24) is 15.3 Å². The first-order chi connectivity index (χ1) is 10.5. The highest BCUT2D eigenvalue weighted by atomic mass is 16.1. The van der Waals surface area contributed by atoms with Crippen molar-refractivity contribution >= 4 is 17.5 Å². The van der Waals surface area contributed by atoms with E-state index < -0.39 is 0 Å². The number of carbonyl (C=O) groups excluding carboxylic acids is 1. The van der Waals surface area contributed by atoms with Crippen molar-refractivity contribution in [2.75, 3.05) is 5.32 Å². The molecule has 0 saturated carbocycles. The van der Waals surface area contributed by atoms with Gasteiger partial charge in [0.25, 0.3) is 5.91 Å². The molecule has 0 aliphatic carbocycles. The first kappa shape index (κ1) is 15.9. The summed E-state index contributed by atoms with van der Waals surface area (Å²) in [5, 5.41) is 6.04. The molecule has 2 rings (SSSR count). The summed E-state index contributed by atoms with van der Waals surface area (Å²) >= 11 is 0. The second-order valence-electron chi connectivity index (χ2n) is 5.58. The molecule has 5 nitrogen and oxygen atoms in total. The Hall–Kier alpha value is -2.43. The molecule has 1 aromatic heterocycles. The van der Waals surface area contributed by atoms with Crippen LogP contribution in [0.2, 0.25) is 0 Å². The number of nitrogens with one attached hydrogen (secondary N) is 2. The number of anilines is 2. The van der Waals surface area contributed by atoms with Crippen molar-refractivity contribution < 1.29 is 4.79 Å². The number of hydrogen-bond acceptors (Lipinski definition) is 4. The van der Waals surface area contributed by atoms with Crippen molar-refractivity contribution in [3.05, 3.63) is 47.3 Å². The van der Waals surface area contributed by atoms with Gasteiger partial charge in [-0.05, 0) is 50.5 Å². The fourth-order valence-electron chi connectivity index (χ4n) is 2.09. The summed E-state index contributed by atoms with van der Waals surface area (Å²) < 4.78 is 0. The molecule has 0 aliphatic rings. The average molecular weight is 298 g/mol. The highest BCUT2D eigenvalue weighted by molar-refractivity contribution is 5.93. The van der Waals surface area contributed by atoms with E-state index in [1.165, 1.54) is 23.5 Å². The SMILES string of the molecule is CCC(C)NC(=O)c1cnc(Nc2cc(C)cc(C)c2)nc1. The van der Waals surface area contributed by atoms with Crippen molar-refractivity contribution in [1.29, 1.82) is 0 Å². The van der Waals surface area contributed by atoms with E-state index in [1.807, 2.05) is 39.8 Å². The Balaban J connectivity index is 2.07. The van der Waals surface area contributed by atoms with Crippen molar-refractivity contribution in [2.45, 2.75) is 40.2 Å². The van der Waals surface area contributed by atoms with Crippen LogP contribution in [-0.4, -0.2) is 21.9 Å². The molecule has 2 N–H and O–H groups in total. The van der Waals surface area contributed by atoms with Crippen LogP contribution < -0.4 is 10.6 Å². The Morgan fingerprint density at radius 3 is 2.27 bits per heavy atom. The molecule has 1 heterocycles. The molecule has 0 saturated heterocycles. The zero-order valence-corrected chi connectivity index (χ0v) is 13.5. The van der Waals surface area contributed by atoms with Gasteiger partial charge in [0.05, 0.1) is 5.56 Å². The topological polar surface area (TPSA) is 66.9 Å². The predicted octanol–water partition coefficient (Wildman–Crippen LogP) is 3.37. The van der Waals surface area contributed by atoms with E-state index in [2.05, 4.69) is 26.7 Å². The van der Waals surface area contributed by atoms with Crippen molar-refractivity contribution in [3.8, 4) is 0 Å². The maximum Gasteiger partial charge on any atom is 0.254 e. The molecule has 2 aromatic rings. The number of benzene rings is 1. The average Bonchev–Trinajstić information content (AvgIpc) is 2.46. The lowest BCUT2D eigenvalue weighted by molar-refractivity contribution is 0.0938. The first-order valence-electron chi connectivity index (χ1n) is 7.46. The number of carbonyl (C=O) groups is 1. The van der Waals surface area contributed by atoms with Crippen LogP contribution in [0.3, 0.4) is 0 Å². The van der Waals surface area contributed by atoms with Crippen LogP contribution in [0.1, 0.15) is 41.8 Å². The van der Waals surface area contributed by atoms with Crippen molar-refractivity contribution in [3.63, 3.8) is 0 Å². The van der Waals surface area contributed by atoms with E-state index in [0.717, 1.165) is 12.1 Å². The van der Waals surface area contributed by atoms with E-state index in [-0.39, 0.29) is 11.9 Å². The molecule has 0 aliphatic heterocycles. The maximum atomic E-state index is 12.0. The molecular formula is C17H22N4O. The molecule has 0 spiro atoms. The molecule has 0 bridgehead atoms. The number of aromatic nitrogens is 2. The monoisotopic (exact) mass is 298 g/mol. The molecule has 1 atom stereocenters. The van der Waals surface area contributed by atoms with Crippen LogP contribution in [0, 0.1) is 13.8 Å². The Bertz CT molecular complexity index is 632. The summed E-state index contributed by atoms with van der Waals surface area (Å²) in [7, 11) is 0. The molecule has 1 unspecified atom stereocenters. The summed E-state index contributed by atoms with van der Waals surface area (Å²) in [5.41, 5.74) is 3.75. The molecule has 0 radical (unpaired) electrons. The summed E-state index contributed by atoms with van der Waals surface area (Å²) in [6.45, 7) is 8.08. The molecule has 5 heteroatoms. The highest BCUT2D eigenvalue weighted by Crippen LogP contribution is 2.17. The zero-order chi connectivity index (χ0) is 16.1. The minimum atomic E-state index is -0.146. The minimum Gasteiger partial charge on any atom is -0.350 e. The largest absolute Gasteiger partial charge is 0.350 e. The molecule has 1 aromatic carbocycles. The second kappa shape index (κ2) is 7.02. The third kappa shape index (κ3) is 4.28. The van der Waals surface area contributed by atoms with E-state index in [1.54, 1.807) is 0 Å². The lowest BCUT2D eigenvalue weighted by Gasteiger charge is -2.11. The number of aryl methyl sites for hydroxylation is 2. The van der Waals surface area contributed by atoms with Crippen LogP contribution in [0.25, 0.3) is 0 Å². The Labute approximate surface area is 131 Å². The van der Waals surface area contributed by atoms with Gasteiger partial charge in [0.2, 0.25) is 5.95 Å². The van der Waals surface area contributed by atoms with Crippen LogP contribution in [0.5, 0.6) is 0 Å². The van der Waals surface area contributed by atoms with E-state index in [4.69, 9.17) is 0 Å².